The van der Waals surface area contributed by atoms with E-state index in [0.717, 1.165) is 40.4 Å². The summed E-state index contributed by atoms with van der Waals surface area (Å²) in [5.41, 5.74) is 3.34. The molecular formula is C22H17Cl2N3S. The Labute approximate surface area is 177 Å². The van der Waals surface area contributed by atoms with Crippen molar-refractivity contribution < 1.29 is 0 Å². The Balaban J connectivity index is 1.63. The maximum Gasteiger partial charge on any atom is 0.143 e. The van der Waals surface area contributed by atoms with E-state index in [1.54, 1.807) is 17.4 Å². The molecule has 5 rings (SSSR count). The van der Waals surface area contributed by atoms with E-state index in [1.165, 1.54) is 22.4 Å². The van der Waals surface area contributed by atoms with E-state index in [-0.39, 0.29) is 0 Å². The first-order valence-electron chi connectivity index (χ1n) is 9.25. The number of thiophene rings is 1. The molecule has 0 saturated heterocycles. The number of aromatic nitrogens is 2. The third kappa shape index (κ3) is 3.26. The number of fused-ring (bicyclic) bond motifs is 3. The van der Waals surface area contributed by atoms with Gasteiger partial charge in [-0.1, -0.05) is 59.6 Å². The zero-order valence-electron chi connectivity index (χ0n) is 15.0. The van der Waals surface area contributed by atoms with E-state index < -0.39 is 0 Å². The second-order valence-electron chi connectivity index (χ2n) is 6.91. The van der Waals surface area contributed by atoms with Gasteiger partial charge in [-0.3, -0.25) is 0 Å². The number of hydrogen-bond acceptors (Lipinski definition) is 4. The Morgan fingerprint density at radius 1 is 0.964 bits per heavy atom. The topological polar surface area (TPSA) is 37.8 Å². The molecule has 6 heteroatoms. The van der Waals surface area contributed by atoms with Crippen molar-refractivity contribution in [3.8, 4) is 0 Å². The minimum atomic E-state index is 0.507. The number of rotatable bonds is 4. The van der Waals surface area contributed by atoms with Crippen LogP contribution in [0.3, 0.4) is 0 Å². The normalized spacial score (nSPS) is 13.1. The van der Waals surface area contributed by atoms with Gasteiger partial charge in [-0.05, 0) is 42.5 Å². The van der Waals surface area contributed by atoms with Gasteiger partial charge in [-0.15, -0.1) is 11.3 Å². The number of benzene rings is 2. The number of nitrogens with zero attached hydrogens (tertiary/aromatic N) is 2. The summed E-state index contributed by atoms with van der Waals surface area (Å²) in [7, 11) is 0. The maximum absolute atomic E-state index is 6.42. The molecule has 0 radical (unpaired) electrons. The van der Waals surface area contributed by atoms with Crippen LogP contribution < -0.4 is 5.32 Å². The highest BCUT2D eigenvalue weighted by Crippen LogP contribution is 2.41. The van der Waals surface area contributed by atoms with Crippen molar-refractivity contribution in [1.29, 1.82) is 0 Å². The molecule has 2 heterocycles. The molecule has 1 N–H and O–H groups in total. The predicted molar refractivity (Wildman–Crippen MR) is 118 cm³/mol. The van der Waals surface area contributed by atoms with Crippen LogP contribution >= 0.6 is 34.5 Å². The van der Waals surface area contributed by atoms with E-state index in [9.17, 15) is 0 Å². The molecular weight excluding hydrogens is 409 g/mol. The fourth-order valence-corrected chi connectivity index (χ4v) is 5.34. The first kappa shape index (κ1) is 17.9. The van der Waals surface area contributed by atoms with Crippen molar-refractivity contribution in [3.63, 3.8) is 0 Å². The van der Waals surface area contributed by atoms with Gasteiger partial charge in [0.05, 0.1) is 21.1 Å². The standard InChI is InChI=1S/C22H17Cl2N3S/c23-15-9-5-10-16(20(15)24)25-21-19-14-8-4-11-17(14)28-22(19)27-18(26-21)12-13-6-2-1-3-7-13/h1-3,5-7,9-10H,4,8,11-12H2,(H,25,26,27). The number of aryl methyl sites for hydroxylation is 2. The molecule has 0 unspecified atom stereocenters. The van der Waals surface area contributed by atoms with Crippen LogP contribution in [0.5, 0.6) is 0 Å². The highest BCUT2D eigenvalue weighted by Gasteiger charge is 2.23. The Morgan fingerprint density at radius 2 is 1.82 bits per heavy atom. The van der Waals surface area contributed by atoms with Gasteiger partial charge < -0.3 is 5.32 Å². The van der Waals surface area contributed by atoms with Crippen LogP contribution in [0.1, 0.15) is 28.2 Å². The Hall–Kier alpha value is -2.14. The van der Waals surface area contributed by atoms with Gasteiger partial charge in [0.2, 0.25) is 0 Å². The molecule has 0 saturated carbocycles. The van der Waals surface area contributed by atoms with E-state index in [2.05, 4.69) is 17.4 Å². The fraction of sp³-hybridized carbons (Fsp3) is 0.182. The minimum Gasteiger partial charge on any atom is -0.338 e. The van der Waals surface area contributed by atoms with Crippen molar-refractivity contribution >= 4 is 56.3 Å². The van der Waals surface area contributed by atoms with Gasteiger partial charge in [0.25, 0.3) is 0 Å². The summed E-state index contributed by atoms with van der Waals surface area (Å²) in [5, 5.41) is 5.60. The molecule has 3 nitrogen and oxygen atoms in total. The molecule has 0 amide bonds. The summed E-state index contributed by atoms with van der Waals surface area (Å²) in [6.45, 7) is 0. The lowest BCUT2D eigenvalue weighted by Gasteiger charge is -2.12. The van der Waals surface area contributed by atoms with E-state index >= 15 is 0 Å². The molecule has 1 aliphatic rings. The lowest BCUT2D eigenvalue weighted by atomic mass is 10.1. The van der Waals surface area contributed by atoms with Crippen molar-refractivity contribution in [3.05, 3.63) is 80.4 Å². The quantitative estimate of drug-likeness (QED) is 0.389. The molecule has 4 aromatic rings. The van der Waals surface area contributed by atoms with Crippen molar-refractivity contribution in [2.24, 2.45) is 0 Å². The van der Waals surface area contributed by atoms with E-state index in [4.69, 9.17) is 33.2 Å². The van der Waals surface area contributed by atoms with Gasteiger partial charge in [0, 0.05) is 11.3 Å². The number of halogens is 2. The molecule has 0 fully saturated rings. The molecule has 2 aromatic carbocycles. The van der Waals surface area contributed by atoms with Crippen LogP contribution in [-0.4, -0.2) is 9.97 Å². The lowest BCUT2D eigenvalue weighted by molar-refractivity contribution is 0.916. The predicted octanol–water partition coefficient (Wildman–Crippen LogP) is 6.82. The largest absolute Gasteiger partial charge is 0.338 e. The average molecular weight is 426 g/mol. The molecule has 2 aromatic heterocycles. The van der Waals surface area contributed by atoms with Crippen molar-refractivity contribution in [2.75, 3.05) is 5.32 Å². The molecule has 0 atom stereocenters. The first-order valence-corrected chi connectivity index (χ1v) is 10.8. The summed E-state index contributed by atoms with van der Waals surface area (Å²) in [4.78, 5) is 12.3. The van der Waals surface area contributed by atoms with Gasteiger partial charge >= 0.3 is 0 Å². The second-order valence-corrected chi connectivity index (χ2v) is 8.78. The zero-order valence-corrected chi connectivity index (χ0v) is 17.3. The Morgan fingerprint density at radius 3 is 2.68 bits per heavy atom. The molecule has 0 aliphatic heterocycles. The molecule has 0 bridgehead atoms. The SMILES string of the molecule is Clc1cccc(Nc2nc(Cc3ccccc3)nc3sc4c(c23)CCC4)c1Cl. The second kappa shape index (κ2) is 7.36. The van der Waals surface area contributed by atoms with Crippen LogP contribution in [0.15, 0.2) is 48.5 Å². The maximum atomic E-state index is 6.42. The molecule has 140 valence electrons. The van der Waals surface area contributed by atoms with Crippen LogP contribution in [0.4, 0.5) is 11.5 Å². The van der Waals surface area contributed by atoms with Crippen LogP contribution in [-0.2, 0) is 19.3 Å². The number of hydrogen-bond donors (Lipinski definition) is 1. The highest BCUT2D eigenvalue weighted by atomic mass is 35.5. The summed E-state index contributed by atoms with van der Waals surface area (Å²) in [6, 6.07) is 15.9. The van der Waals surface area contributed by atoms with Gasteiger partial charge in [0.15, 0.2) is 0 Å². The molecule has 1 aliphatic carbocycles. The smallest absolute Gasteiger partial charge is 0.143 e. The van der Waals surface area contributed by atoms with Crippen LogP contribution in [0.25, 0.3) is 10.2 Å². The molecule has 0 spiro atoms. The highest BCUT2D eigenvalue weighted by molar-refractivity contribution is 7.19. The Kier molecular flexibility index (Phi) is 4.71. The fourth-order valence-electron chi connectivity index (χ4n) is 3.72. The van der Waals surface area contributed by atoms with Gasteiger partial charge in [0.1, 0.15) is 16.5 Å². The van der Waals surface area contributed by atoms with E-state index in [0.29, 0.717) is 16.5 Å². The third-order valence-corrected chi connectivity index (χ3v) is 7.03. The monoisotopic (exact) mass is 425 g/mol. The first-order chi connectivity index (χ1) is 13.7. The third-order valence-electron chi connectivity index (χ3n) is 5.02. The summed E-state index contributed by atoms with van der Waals surface area (Å²) in [5.74, 6) is 1.62. The minimum absolute atomic E-state index is 0.507. The van der Waals surface area contributed by atoms with Crippen LogP contribution in [0, 0.1) is 0 Å². The molecule has 28 heavy (non-hydrogen) atoms. The lowest BCUT2D eigenvalue weighted by Crippen LogP contribution is -2.03. The summed E-state index contributed by atoms with van der Waals surface area (Å²) >= 11 is 14.4. The van der Waals surface area contributed by atoms with Crippen LogP contribution in [0.2, 0.25) is 10.0 Å². The van der Waals surface area contributed by atoms with Crippen molar-refractivity contribution in [1.82, 2.24) is 9.97 Å². The zero-order chi connectivity index (χ0) is 19.1. The summed E-state index contributed by atoms with van der Waals surface area (Å²) < 4.78 is 0. The average Bonchev–Trinajstić information content (AvgIpc) is 3.27. The Bertz CT molecular complexity index is 1170. The summed E-state index contributed by atoms with van der Waals surface area (Å²) in [6.07, 6.45) is 4.09. The van der Waals surface area contributed by atoms with Gasteiger partial charge in [-0.25, -0.2) is 9.97 Å². The van der Waals surface area contributed by atoms with Gasteiger partial charge in [-0.2, -0.15) is 0 Å². The van der Waals surface area contributed by atoms with E-state index in [1.807, 2.05) is 30.3 Å². The number of anilines is 2. The number of nitrogens with one attached hydrogen (secondary N) is 1. The van der Waals surface area contributed by atoms with Crippen molar-refractivity contribution in [2.45, 2.75) is 25.7 Å².